The van der Waals surface area contributed by atoms with Crippen molar-refractivity contribution in [3.05, 3.63) is 35.1 Å². The number of aryl methyl sites for hydroxylation is 1. The molecule has 0 bridgehead atoms. The third-order valence-electron chi connectivity index (χ3n) is 3.56. The lowest BCUT2D eigenvalue weighted by Crippen LogP contribution is -2.43. The zero-order chi connectivity index (χ0) is 11.2. The number of carbonyl (C=O) groups is 1. The molecule has 1 aliphatic carbocycles. The number of halogens is 1. The van der Waals surface area contributed by atoms with Crippen LogP contribution in [-0.4, -0.2) is 5.78 Å². The Hall–Kier alpha value is -1.18. The van der Waals surface area contributed by atoms with Gasteiger partial charge in [0, 0.05) is 17.8 Å². The molecule has 2 rings (SSSR count). The van der Waals surface area contributed by atoms with Crippen LogP contribution in [0.5, 0.6) is 0 Å². The van der Waals surface area contributed by atoms with Gasteiger partial charge in [-0.1, -0.05) is 26.0 Å². The highest BCUT2D eigenvalue weighted by Crippen LogP contribution is 2.49. The molecule has 1 aromatic rings. The molecular weight excluding hydrogens is 191 g/mol. The van der Waals surface area contributed by atoms with Gasteiger partial charge >= 0.3 is 0 Å². The first-order valence-electron chi connectivity index (χ1n) is 5.22. The smallest absolute Gasteiger partial charge is 0.139 e. The summed E-state index contributed by atoms with van der Waals surface area (Å²) in [7, 11) is 0. The minimum absolute atomic E-state index is 0.179. The standard InChI is InChI=1S/C13H15FO/c1-8-6-9(4-5-11(8)14)10-7-12(15)13(10,2)3/h4-6,10H,7H2,1-3H3. The fraction of sp³-hybridized carbons (Fsp3) is 0.462. The van der Waals surface area contributed by atoms with Gasteiger partial charge in [0.15, 0.2) is 0 Å². The number of Topliss-reactive ketones (excluding diaryl/α,β-unsaturated/α-hetero) is 1. The molecule has 1 nitrogen and oxygen atoms in total. The molecule has 0 amide bonds. The molecule has 2 heteroatoms. The maximum absolute atomic E-state index is 13.1. The van der Waals surface area contributed by atoms with Crippen LogP contribution < -0.4 is 0 Å². The second-order valence-corrected chi connectivity index (χ2v) is 4.91. The Morgan fingerprint density at radius 1 is 1.40 bits per heavy atom. The average Bonchev–Trinajstić information content (AvgIpc) is 2.19. The van der Waals surface area contributed by atoms with Crippen molar-refractivity contribution < 1.29 is 9.18 Å². The van der Waals surface area contributed by atoms with Crippen molar-refractivity contribution in [1.29, 1.82) is 0 Å². The quantitative estimate of drug-likeness (QED) is 0.689. The Morgan fingerprint density at radius 3 is 2.53 bits per heavy atom. The van der Waals surface area contributed by atoms with E-state index >= 15 is 0 Å². The average molecular weight is 206 g/mol. The van der Waals surface area contributed by atoms with E-state index < -0.39 is 0 Å². The Morgan fingerprint density at radius 2 is 2.07 bits per heavy atom. The van der Waals surface area contributed by atoms with Gasteiger partial charge in [0.2, 0.25) is 0 Å². The van der Waals surface area contributed by atoms with Gasteiger partial charge in [-0.2, -0.15) is 0 Å². The second kappa shape index (κ2) is 3.16. The molecule has 1 aromatic carbocycles. The molecule has 1 atom stereocenters. The Bertz CT molecular complexity index is 421. The SMILES string of the molecule is Cc1cc(C2CC(=O)C2(C)C)ccc1F. The summed E-state index contributed by atoms with van der Waals surface area (Å²) in [4.78, 5) is 11.4. The predicted octanol–water partition coefficient (Wildman–Crippen LogP) is 3.22. The van der Waals surface area contributed by atoms with Crippen LogP contribution in [0, 0.1) is 18.2 Å². The molecule has 1 fully saturated rings. The molecule has 15 heavy (non-hydrogen) atoms. The number of hydrogen-bond donors (Lipinski definition) is 0. The van der Waals surface area contributed by atoms with E-state index in [2.05, 4.69) is 0 Å². The predicted molar refractivity (Wildman–Crippen MR) is 57.3 cm³/mol. The van der Waals surface area contributed by atoms with E-state index in [1.54, 1.807) is 13.0 Å². The molecular formula is C13H15FO. The van der Waals surface area contributed by atoms with Crippen molar-refractivity contribution in [2.45, 2.75) is 33.1 Å². The molecule has 0 aliphatic heterocycles. The third-order valence-corrected chi connectivity index (χ3v) is 3.56. The van der Waals surface area contributed by atoms with Crippen molar-refractivity contribution >= 4 is 5.78 Å². The molecule has 0 heterocycles. The van der Waals surface area contributed by atoms with Crippen LogP contribution in [0.3, 0.4) is 0 Å². The van der Waals surface area contributed by atoms with Gasteiger partial charge in [-0.3, -0.25) is 4.79 Å². The minimum atomic E-state index is -0.274. The summed E-state index contributed by atoms with van der Waals surface area (Å²) in [6, 6.07) is 5.14. The topological polar surface area (TPSA) is 17.1 Å². The van der Waals surface area contributed by atoms with Crippen molar-refractivity contribution in [2.24, 2.45) is 5.41 Å². The molecule has 0 saturated heterocycles. The van der Waals surface area contributed by atoms with Crippen LogP contribution in [0.15, 0.2) is 18.2 Å². The van der Waals surface area contributed by atoms with E-state index in [9.17, 15) is 9.18 Å². The van der Waals surface area contributed by atoms with Crippen LogP contribution in [0.4, 0.5) is 4.39 Å². The highest BCUT2D eigenvalue weighted by Gasteiger charge is 2.47. The van der Waals surface area contributed by atoms with Crippen LogP contribution in [0.1, 0.15) is 37.3 Å². The Labute approximate surface area is 89.3 Å². The first-order chi connectivity index (χ1) is 6.93. The lowest BCUT2D eigenvalue weighted by Gasteiger charge is -2.43. The number of hydrogen-bond acceptors (Lipinski definition) is 1. The van der Waals surface area contributed by atoms with E-state index in [1.165, 1.54) is 6.07 Å². The molecule has 1 aliphatic rings. The van der Waals surface area contributed by atoms with E-state index in [1.807, 2.05) is 19.9 Å². The van der Waals surface area contributed by atoms with Crippen molar-refractivity contribution in [1.82, 2.24) is 0 Å². The zero-order valence-electron chi connectivity index (χ0n) is 9.30. The lowest BCUT2D eigenvalue weighted by molar-refractivity contribution is -0.137. The van der Waals surface area contributed by atoms with Crippen molar-refractivity contribution in [3.63, 3.8) is 0 Å². The van der Waals surface area contributed by atoms with Crippen molar-refractivity contribution in [2.75, 3.05) is 0 Å². The zero-order valence-corrected chi connectivity index (χ0v) is 9.30. The molecule has 0 aromatic heterocycles. The summed E-state index contributed by atoms with van der Waals surface area (Å²) in [6.07, 6.45) is 0.595. The monoisotopic (exact) mass is 206 g/mol. The van der Waals surface area contributed by atoms with Gasteiger partial charge in [0.1, 0.15) is 11.6 Å². The third kappa shape index (κ3) is 1.48. The number of rotatable bonds is 1. The number of carbonyl (C=O) groups excluding carboxylic acids is 1. The van der Waals surface area contributed by atoms with E-state index in [4.69, 9.17) is 0 Å². The first kappa shape index (κ1) is 10.3. The molecule has 0 radical (unpaired) electrons. The molecule has 0 N–H and O–H groups in total. The van der Waals surface area contributed by atoms with Gasteiger partial charge in [-0.25, -0.2) is 4.39 Å². The summed E-state index contributed by atoms with van der Waals surface area (Å²) in [5, 5.41) is 0. The summed E-state index contributed by atoms with van der Waals surface area (Å²) < 4.78 is 13.1. The van der Waals surface area contributed by atoms with Crippen LogP contribution in [0.2, 0.25) is 0 Å². The highest BCUT2D eigenvalue weighted by atomic mass is 19.1. The number of ketones is 1. The largest absolute Gasteiger partial charge is 0.299 e. The lowest BCUT2D eigenvalue weighted by atomic mass is 9.59. The summed E-state index contributed by atoms with van der Waals surface area (Å²) >= 11 is 0. The highest BCUT2D eigenvalue weighted by molar-refractivity contribution is 5.92. The molecule has 80 valence electrons. The van der Waals surface area contributed by atoms with Crippen LogP contribution in [0.25, 0.3) is 0 Å². The summed E-state index contributed by atoms with van der Waals surface area (Å²) in [5.41, 5.74) is 1.46. The van der Waals surface area contributed by atoms with Crippen LogP contribution in [-0.2, 0) is 4.79 Å². The second-order valence-electron chi connectivity index (χ2n) is 4.91. The molecule has 1 unspecified atom stereocenters. The van der Waals surface area contributed by atoms with E-state index in [0.717, 1.165) is 5.56 Å². The fourth-order valence-electron chi connectivity index (χ4n) is 2.19. The fourth-order valence-corrected chi connectivity index (χ4v) is 2.19. The Kier molecular flexibility index (Phi) is 2.18. The molecule has 1 saturated carbocycles. The van der Waals surface area contributed by atoms with Gasteiger partial charge in [-0.05, 0) is 24.1 Å². The van der Waals surface area contributed by atoms with Crippen LogP contribution >= 0.6 is 0 Å². The minimum Gasteiger partial charge on any atom is -0.299 e. The van der Waals surface area contributed by atoms with Gasteiger partial charge in [0.25, 0.3) is 0 Å². The summed E-state index contributed by atoms with van der Waals surface area (Å²) in [6.45, 7) is 5.68. The Balaban J connectivity index is 2.32. The number of benzene rings is 1. The maximum Gasteiger partial charge on any atom is 0.139 e. The van der Waals surface area contributed by atoms with Gasteiger partial charge < -0.3 is 0 Å². The van der Waals surface area contributed by atoms with Gasteiger partial charge in [-0.15, -0.1) is 0 Å². The molecule has 0 spiro atoms. The van der Waals surface area contributed by atoms with Crippen molar-refractivity contribution in [3.8, 4) is 0 Å². The maximum atomic E-state index is 13.1. The van der Waals surface area contributed by atoms with Gasteiger partial charge in [0.05, 0.1) is 0 Å². The first-order valence-corrected chi connectivity index (χ1v) is 5.22. The summed E-state index contributed by atoms with van der Waals surface area (Å²) in [5.74, 6) is 0.376. The normalized spacial score (nSPS) is 23.7. The van der Waals surface area contributed by atoms with E-state index in [0.29, 0.717) is 17.8 Å². The van der Waals surface area contributed by atoms with E-state index in [-0.39, 0.29) is 17.2 Å².